The van der Waals surface area contributed by atoms with Crippen LogP contribution < -0.4 is 55.3 Å². The molecule has 0 saturated carbocycles. The third kappa shape index (κ3) is 14.1. The standard InChI is InChI=1S/C13H18F2N2O3.C11H11F2N5O3.C11H14F2N2O5.C10H12F2N2O4.C10H10F2N2O4/c1-4-12(5-2)8(3)13(14,15)10(20-12)17-7-6-9(18)16-11(17)19;1-6-10(4-15-17-14)5-20-9-16-7(19)2-3-18(9)8(21-10)11(6,12)13;1-6-10(4-16,5-17)20-8(11(6,12)13)15-3-2-7(18)14-9(15)19;2*1-5-6(4-15)18-8(10(5,11)12)14-3-2-7(16)13-9(14)17/h6-8,10H,4-5H2,1-3H3,(H,16,18,19);2-3,6,8H,4-5H2,1H3;2-3,6,8,16-17H,4-5H2,1H3,(H,14,18,19);2-3,5-6,8,15H,4H2,1H3,(H,13,16,17);2-6,8H,1H3,(H,13,16,17)/t8?,10-;6-,8-,10-;6?,8-;2*5?,6-,8-/m11111/s1. The number of ether oxygens (including phenoxy) is 6. The van der Waals surface area contributed by atoms with E-state index in [4.69, 9.17) is 39.1 Å². The van der Waals surface area contributed by atoms with Crippen molar-refractivity contribution >= 4 is 6.29 Å². The average Bonchev–Trinajstić information content (AvgIpc) is 1.59. The van der Waals surface area contributed by atoms with Gasteiger partial charge in [0.25, 0.3) is 57.4 Å². The van der Waals surface area contributed by atoms with Gasteiger partial charge in [0.05, 0.1) is 67.7 Å². The minimum atomic E-state index is -3.51. The van der Waals surface area contributed by atoms with Crippen molar-refractivity contribution in [2.45, 2.75) is 151 Å². The Kier molecular flexibility index (Phi) is 22.2. The number of aliphatic hydroxyl groups excluding tert-OH is 3. The molecule has 2 bridgehead atoms. The van der Waals surface area contributed by atoms with Crippen molar-refractivity contribution in [1.82, 2.24) is 47.8 Å². The van der Waals surface area contributed by atoms with E-state index in [1.807, 2.05) is 19.9 Å². The first-order chi connectivity index (χ1) is 45.2. The van der Waals surface area contributed by atoms with Crippen molar-refractivity contribution in [2.24, 2.45) is 34.7 Å². The van der Waals surface area contributed by atoms with Gasteiger partial charge in [0.2, 0.25) is 31.1 Å². The fraction of sp³-hybridized carbons (Fsp3) is 0.618. The summed E-state index contributed by atoms with van der Waals surface area (Å²) in [6.45, 7) is 7.04. The summed E-state index contributed by atoms with van der Waals surface area (Å²) in [4.78, 5) is 125. The number of nitrogens with one attached hydrogen (secondary N) is 4. The Bertz CT molecular complexity index is 4170. The molecule has 7 N–H and O–H groups in total. The lowest BCUT2D eigenvalue weighted by molar-refractivity contribution is -0.154. The van der Waals surface area contributed by atoms with Crippen LogP contribution in [0.5, 0.6) is 6.01 Å². The molecule has 0 amide bonds. The van der Waals surface area contributed by atoms with Crippen molar-refractivity contribution in [2.75, 3.05) is 33.0 Å². The number of carbonyl (C=O) groups excluding carboxylic acids is 1. The fourth-order valence-corrected chi connectivity index (χ4v) is 11.4. The van der Waals surface area contributed by atoms with Gasteiger partial charge in [0.15, 0.2) is 0 Å². The maximum absolute atomic E-state index is 14.5. The largest absolute Gasteiger partial charge is 0.461 e. The molecular formula is C55H65F10N13O19. The van der Waals surface area contributed by atoms with Gasteiger partial charge in [-0.1, -0.05) is 53.6 Å². The van der Waals surface area contributed by atoms with Crippen LogP contribution >= 0.6 is 0 Å². The summed E-state index contributed by atoms with van der Waals surface area (Å²) in [5.74, 6) is -23.0. The first-order valence-corrected chi connectivity index (χ1v) is 29.2. The lowest BCUT2D eigenvalue weighted by Gasteiger charge is -2.31. The summed E-state index contributed by atoms with van der Waals surface area (Å²) in [7, 11) is 0. The number of H-pyrrole nitrogens is 4. The number of azide groups is 1. The Balaban J connectivity index is 0.000000171. The van der Waals surface area contributed by atoms with Crippen LogP contribution in [0.4, 0.5) is 43.9 Å². The molecule has 534 valence electrons. The number of hydrogen-bond donors (Lipinski definition) is 7. The van der Waals surface area contributed by atoms with Crippen LogP contribution in [0.1, 0.15) is 92.4 Å². The number of aromatic nitrogens is 10. The molecule has 0 radical (unpaired) electrons. The van der Waals surface area contributed by atoms with E-state index in [0.717, 1.165) is 84.3 Å². The van der Waals surface area contributed by atoms with Crippen LogP contribution in [0.15, 0.2) is 110 Å². The molecule has 5 fully saturated rings. The van der Waals surface area contributed by atoms with Gasteiger partial charge in [-0.25, -0.2) is 63.1 Å². The van der Waals surface area contributed by atoms with Crippen LogP contribution in [0.3, 0.4) is 0 Å². The highest BCUT2D eigenvalue weighted by atomic mass is 19.3. The van der Waals surface area contributed by atoms with Crippen molar-refractivity contribution in [3.8, 4) is 6.01 Å². The van der Waals surface area contributed by atoms with Gasteiger partial charge in [-0.2, -0.15) is 4.98 Å². The van der Waals surface area contributed by atoms with E-state index in [1.54, 1.807) is 13.8 Å². The van der Waals surface area contributed by atoms with Crippen LogP contribution in [-0.4, -0.2) is 161 Å². The van der Waals surface area contributed by atoms with Gasteiger partial charge in [0.1, 0.15) is 30.2 Å². The molecule has 11 rings (SSSR count). The zero-order valence-corrected chi connectivity index (χ0v) is 51.9. The van der Waals surface area contributed by atoms with E-state index in [2.05, 4.69) is 15.0 Å². The summed E-state index contributed by atoms with van der Waals surface area (Å²) < 4.78 is 177. The highest BCUT2D eigenvalue weighted by Gasteiger charge is 2.68. The van der Waals surface area contributed by atoms with Crippen molar-refractivity contribution in [3.05, 3.63) is 165 Å². The monoisotopic (exact) mass is 1400 g/mol. The molecule has 0 spiro atoms. The Hall–Kier alpha value is -8.64. The SMILES string of the molecule is CC1C(CO)(CO)O[C@@H](n2ccc(=O)[nH]c2=O)C1(F)F.CC1[C@@H](C=O)O[C@@H](n2ccc(=O)[nH]c2=O)C1(F)F.CC1[C@@H](CO)O[C@@H](n2ccc(=O)[nH]c2=O)C1(F)F.CCC1(CC)O[C@@H](n2ccc(=O)[nH]c2=O)C(F)(F)C1C.C[C@H]1C(F)(F)[C@H]2O[C@]1(CN=[N+]=[N-])COc1nc(=O)ccn12. The van der Waals surface area contributed by atoms with E-state index in [-0.39, 0.29) is 25.4 Å². The summed E-state index contributed by atoms with van der Waals surface area (Å²) in [6, 6.07) is 4.64. The highest BCUT2D eigenvalue weighted by Crippen LogP contribution is 2.56. The lowest BCUT2D eigenvalue weighted by atomic mass is 9.82. The average molecular weight is 1400 g/mol. The number of carbonyl (C=O) groups is 1. The number of halogens is 10. The Morgan fingerprint density at radius 2 is 0.928 bits per heavy atom. The molecule has 13 atom stereocenters. The summed E-state index contributed by atoms with van der Waals surface area (Å²) in [6.07, 6.45) is -5.34. The molecule has 32 nitrogen and oxygen atoms in total. The maximum atomic E-state index is 14.5. The van der Waals surface area contributed by atoms with Gasteiger partial charge in [-0.15, -0.1) is 0 Å². The molecule has 5 aromatic rings. The molecule has 0 aromatic carbocycles. The van der Waals surface area contributed by atoms with Crippen LogP contribution in [-0.2, 0) is 28.5 Å². The van der Waals surface area contributed by atoms with Gasteiger partial charge in [-0.3, -0.25) is 66.7 Å². The molecular weight excluding hydrogens is 1340 g/mol. The molecule has 6 aliphatic rings. The third-order valence-corrected chi connectivity index (χ3v) is 18.0. The molecule has 42 heteroatoms. The number of rotatable bonds is 12. The molecule has 97 heavy (non-hydrogen) atoms. The minimum absolute atomic E-state index is 0.234. The zero-order chi connectivity index (χ0) is 72.5. The first kappa shape index (κ1) is 75.7. The molecule has 0 aliphatic carbocycles. The Morgan fingerprint density at radius 1 is 0.546 bits per heavy atom. The Morgan fingerprint density at radius 3 is 1.29 bits per heavy atom. The number of hydrogen-bond acceptors (Lipinski definition) is 21. The normalized spacial score (nSPS) is 29.7. The van der Waals surface area contributed by atoms with Crippen LogP contribution in [0.25, 0.3) is 10.4 Å². The number of alkyl halides is 10. The molecule has 5 saturated heterocycles. The second-order valence-electron chi connectivity index (χ2n) is 23.2. The van der Waals surface area contributed by atoms with Gasteiger partial charge >= 0.3 is 28.8 Å². The minimum Gasteiger partial charge on any atom is -0.461 e. The number of fused-ring (bicyclic) bond motifs is 4. The van der Waals surface area contributed by atoms with E-state index in [1.165, 1.54) is 20.8 Å². The molecule has 4 unspecified atom stereocenters. The highest BCUT2D eigenvalue weighted by molar-refractivity contribution is 5.57. The molecule has 5 aromatic heterocycles. The second-order valence-corrected chi connectivity index (χ2v) is 23.2. The van der Waals surface area contributed by atoms with E-state index in [9.17, 15) is 102 Å². The lowest BCUT2D eigenvalue weighted by Crippen LogP contribution is -2.47. The van der Waals surface area contributed by atoms with Gasteiger partial charge in [0, 0.05) is 66.2 Å². The van der Waals surface area contributed by atoms with E-state index in [0.29, 0.717) is 26.5 Å². The van der Waals surface area contributed by atoms with Crippen LogP contribution in [0, 0.1) is 29.6 Å². The predicted octanol–water partition coefficient (Wildman–Crippen LogP) is 2.04. The quantitative estimate of drug-likeness (QED) is 0.0309. The third-order valence-electron chi connectivity index (χ3n) is 18.0. The van der Waals surface area contributed by atoms with Crippen molar-refractivity contribution in [3.63, 3.8) is 0 Å². The maximum Gasteiger partial charge on any atom is 0.330 e. The van der Waals surface area contributed by atoms with Gasteiger partial charge < -0.3 is 48.5 Å². The zero-order valence-electron chi connectivity index (χ0n) is 51.9. The summed E-state index contributed by atoms with van der Waals surface area (Å²) in [5.41, 5.74) is -3.11. The fourth-order valence-electron chi connectivity index (χ4n) is 11.4. The number of aliphatic hydroxyl groups is 3. The van der Waals surface area contributed by atoms with E-state index >= 15 is 0 Å². The smallest absolute Gasteiger partial charge is 0.330 e. The molecule has 6 aliphatic heterocycles. The number of aldehydes is 1. The van der Waals surface area contributed by atoms with Crippen molar-refractivity contribution < 1.29 is 92.4 Å². The summed E-state index contributed by atoms with van der Waals surface area (Å²) >= 11 is 0. The number of aromatic amines is 4. The summed E-state index contributed by atoms with van der Waals surface area (Å²) in [5, 5.41) is 30.8. The predicted molar refractivity (Wildman–Crippen MR) is 308 cm³/mol. The number of nitrogens with zero attached hydrogens (tertiary/aromatic N) is 9. The van der Waals surface area contributed by atoms with Crippen molar-refractivity contribution in [1.29, 1.82) is 0 Å². The van der Waals surface area contributed by atoms with E-state index < -0.39 is 190 Å². The molecule has 11 heterocycles. The topological polar surface area (TPSA) is 436 Å². The Labute approximate surface area is 535 Å². The first-order valence-electron chi connectivity index (χ1n) is 29.2. The van der Waals surface area contributed by atoms with Gasteiger partial charge in [-0.05, 0) is 18.4 Å². The van der Waals surface area contributed by atoms with Crippen LogP contribution in [0.2, 0.25) is 0 Å². The second kappa shape index (κ2) is 28.4.